The highest BCUT2D eigenvalue weighted by Crippen LogP contribution is 2.17. The molecule has 2 aromatic carbocycles. The standard InChI is InChI=1S/C17H11ClN2O/c18-16-5-1-14(2-6-16)12-21-17-7-3-13(4-8-17)9-15(10-19)11-20/h1-9H,12H2. The maximum Gasteiger partial charge on any atom is 0.130 e. The van der Waals surface area contributed by atoms with Crippen LogP contribution in [0.3, 0.4) is 0 Å². The summed E-state index contributed by atoms with van der Waals surface area (Å²) in [5.74, 6) is 0.720. The Morgan fingerprint density at radius 3 is 2.19 bits per heavy atom. The normalized spacial score (nSPS) is 9.29. The maximum absolute atomic E-state index is 8.70. The molecule has 0 N–H and O–H groups in total. The molecule has 0 heterocycles. The summed E-state index contributed by atoms with van der Waals surface area (Å²) in [6.07, 6.45) is 1.53. The first kappa shape index (κ1) is 14.7. The van der Waals surface area contributed by atoms with Gasteiger partial charge in [0.2, 0.25) is 0 Å². The Bertz CT molecular complexity index is 703. The van der Waals surface area contributed by atoms with Gasteiger partial charge in [-0.05, 0) is 41.5 Å². The smallest absolute Gasteiger partial charge is 0.130 e. The van der Waals surface area contributed by atoms with E-state index in [2.05, 4.69) is 0 Å². The van der Waals surface area contributed by atoms with Crippen molar-refractivity contribution in [3.8, 4) is 17.9 Å². The van der Waals surface area contributed by atoms with Gasteiger partial charge in [-0.1, -0.05) is 35.9 Å². The molecule has 0 atom stereocenters. The van der Waals surface area contributed by atoms with Crippen LogP contribution >= 0.6 is 11.6 Å². The maximum atomic E-state index is 8.70. The van der Waals surface area contributed by atoms with Crippen LogP contribution in [0.15, 0.2) is 54.1 Å². The topological polar surface area (TPSA) is 56.8 Å². The summed E-state index contributed by atoms with van der Waals surface area (Å²) >= 11 is 5.82. The molecule has 0 unspecified atom stereocenters. The molecule has 0 spiro atoms. The fourth-order valence-electron chi connectivity index (χ4n) is 1.66. The summed E-state index contributed by atoms with van der Waals surface area (Å²) in [5, 5.41) is 18.1. The number of nitrogens with zero attached hydrogens (tertiary/aromatic N) is 2. The first-order valence-electron chi connectivity index (χ1n) is 6.20. The van der Waals surface area contributed by atoms with Crippen LogP contribution in [-0.4, -0.2) is 0 Å². The van der Waals surface area contributed by atoms with E-state index in [4.69, 9.17) is 26.9 Å². The van der Waals surface area contributed by atoms with Crippen LogP contribution in [-0.2, 0) is 6.61 Å². The monoisotopic (exact) mass is 294 g/mol. The fraction of sp³-hybridized carbons (Fsp3) is 0.0588. The summed E-state index contributed by atoms with van der Waals surface area (Å²) in [7, 11) is 0. The van der Waals surface area contributed by atoms with Crippen molar-refractivity contribution >= 4 is 17.7 Å². The number of allylic oxidation sites excluding steroid dienone is 1. The molecule has 0 aliphatic carbocycles. The van der Waals surface area contributed by atoms with Gasteiger partial charge in [0.1, 0.15) is 30.1 Å². The van der Waals surface area contributed by atoms with Crippen LogP contribution in [0, 0.1) is 22.7 Å². The second-order valence-corrected chi connectivity index (χ2v) is 4.70. The predicted molar refractivity (Wildman–Crippen MR) is 81.4 cm³/mol. The minimum atomic E-state index is 0.0739. The second kappa shape index (κ2) is 7.14. The third-order valence-corrected chi connectivity index (χ3v) is 3.00. The fourth-order valence-corrected chi connectivity index (χ4v) is 1.79. The summed E-state index contributed by atoms with van der Waals surface area (Å²) in [4.78, 5) is 0. The van der Waals surface area contributed by atoms with Gasteiger partial charge < -0.3 is 4.74 Å². The van der Waals surface area contributed by atoms with E-state index in [0.29, 0.717) is 11.6 Å². The summed E-state index contributed by atoms with van der Waals surface area (Å²) in [5.41, 5.74) is 1.89. The van der Waals surface area contributed by atoms with E-state index in [-0.39, 0.29) is 5.57 Å². The van der Waals surface area contributed by atoms with E-state index in [1.54, 1.807) is 24.3 Å². The van der Waals surface area contributed by atoms with Crippen LogP contribution in [0.2, 0.25) is 5.02 Å². The quantitative estimate of drug-likeness (QED) is 0.788. The lowest BCUT2D eigenvalue weighted by molar-refractivity contribution is 0.306. The Hall–Kier alpha value is -2.75. The van der Waals surface area contributed by atoms with E-state index in [1.165, 1.54) is 6.08 Å². The SMILES string of the molecule is N#CC(C#N)=Cc1ccc(OCc2ccc(Cl)cc2)cc1. The molecule has 2 rings (SSSR count). The molecular weight excluding hydrogens is 284 g/mol. The minimum absolute atomic E-state index is 0.0739. The zero-order chi connectivity index (χ0) is 15.1. The van der Waals surface area contributed by atoms with Crippen molar-refractivity contribution in [2.24, 2.45) is 0 Å². The number of ether oxygens (including phenoxy) is 1. The zero-order valence-corrected chi connectivity index (χ0v) is 11.8. The lowest BCUT2D eigenvalue weighted by Crippen LogP contribution is -1.94. The van der Waals surface area contributed by atoms with Crippen LogP contribution in [0.25, 0.3) is 6.08 Å². The first-order chi connectivity index (χ1) is 10.2. The van der Waals surface area contributed by atoms with Crippen molar-refractivity contribution in [3.05, 3.63) is 70.3 Å². The first-order valence-corrected chi connectivity index (χ1v) is 6.58. The minimum Gasteiger partial charge on any atom is -0.489 e. The van der Waals surface area contributed by atoms with Crippen molar-refractivity contribution in [2.75, 3.05) is 0 Å². The van der Waals surface area contributed by atoms with Gasteiger partial charge in [0.15, 0.2) is 0 Å². The van der Waals surface area contributed by atoms with Gasteiger partial charge in [0.25, 0.3) is 0 Å². The molecular formula is C17H11ClN2O. The average Bonchev–Trinajstić information content (AvgIpc) is 2.53. The molecule has 4 heteroatoms. The Balaban J connectivity index is 2.00. The molecule has 2 aromatic rings. The molecule has 0 radical (unpaired) electrons. The van der Waals surface area contributed by atoms with E-state index in [1.807, 2.05) is 36.4 Å². The molecule has 102 valence electrons. The van der Waals surface area contributed by atoms with Crippen molar-refractivity contribution in [1.82, 2.24) is 0 Å². The predicted octanol–water partition coefficient (Wildman–Crippen LogP) is 4.35. The highest BCUT2D eigenvalue weighted by molar-refractivity contribution is 6.30. The second-order valence-electron chi connectivity index (χ2n) is 4.27. The summed E-state index contributed by atoms with van der Waals surface area (Å²) in [6, 6.07) is 18.3. The van der Waals surface area contributed by atoms with Gasteiger partial charge in [0, 0.05) is 5.02 Å². The molecule has 3 nitrogen and oxygen atoms in total. The zero-order valence-electron chi connectivity index (χ0n) is 11.1. The summed E-state index contributed by atoms with van der Waals surface area (Å²) < 4.78 is 5.65. The Morgan fingerprint density at radius 2 is 1.62 bits per heavy atom. The van der Waals surface area contributed by atoms with Gasteiger partial charge in [-0.25, -0.2) is 0 Å². The van der Waals surface area contributed by atoms with E-state index in [0.717, 1.165) is 16.9 Å². The Kier molecular flexibility index (Phi) is 4.99. The number of halogens is 1. The number of hydrogen-bond acceptors (Lipinski definition) is 3. The molecule has 0 aromatic heterocycles. The Morgan fingerprint density at radius 1 is 1.00 bits per heavy atom. The third-order valence-electron chi connectivity index (χ3n) is 2.75. The van der Waals surface area contributed by atoms with Gasteiger partial charge in [-0.2, -0.15) is 10.5 Å². The third kappa shape index (κ3) is 4.38. The van der Waals surface area contributed by atoms with Gasteiger partial charge in [-0.3, -0.25) is 0 Å². The molecule has 0 bridgehead atoms. The van der Waals surface area contributed by atoms with Gasteiger partial charge in [0.05, 0.1) is 0 Å². The number of rotatable bonds is 4. The van der Waals surface area contributed by atoms with Crippen molar-refractivity contribution in [1.29, 1.82) is 10.5 Å². The number of benzene rings is 2. The van der Waals surface area contributed by atoms with Crippen LogP contribution < -0.4 is 4.74 Å². The molecule has 0 saturated heterocycles. The van der Waals surface area contributed by atoms with Crippen molar-refractivity contribution < 1.29 is 4.74 Å². The summed E-state index contributed by atoms with van der Waals surface area (Å²) in [6.45, 7) is 0.452. The van der Waals surface area contributed by atoms with Crippen LogP contribution in [0.4, 0.5) is 0 Å². The number of nitriles is 2. The largest absolute Gasteiger partial charge is 0.489 e. The van der Waals surface area contributed by atoms with Crippen molar-refractivity contribution in [3.63, 3.8) is 0 Å². The molecule has 21 heavy (non-hydrogen) atoms. The lowest BCUT2D eigenvalue weighted by Gasteiger charge is -2.06. The highest BCUT2D eigenvalue weighted by Gasteiger charge is 1.98. The van der Waals surface area contributed by atoms with E-state index in [9.17, 15) is 0 Å². The molecule has 0 saturated carbocycles. The van der Waals surface area contributed by atoms with Crippen LogP contribution in [0.1, 0.15) is 11.1 Å². The Labute approximate surface area is 128 Å². The molecule has 0 aliphatic rings. The number of hydrogen-bond donors (Lipinski definition) is 0. The van der Waals surface area contributed by atoms with Gasteiger partial charge in [-0.15, -0.1) is 0 Å². The molecule has 0 fully saturated rings. The lowest BCUT2D eigenvalue weighted by atomic mass is 10.1. The molecule has 0 aliphatic heterocycles. The van der Waals surface area contributed by atoms with Gasteiger partial charge >= 0.3 is 0 Å². The highest BCUT2D eigenvalue weighted by atomic mass is 35.5. The average molecular weight is 295 g/mol. The van der Waals surface area contributed by atoms with E-state index >= 15 is 0 Å². The van der Waals surface area contributed by atoms with Crippen molar-refractivity contribution in [2.45, 2.75) is 6.61 Å². The van der Waals surface area contributed by atoms with E-state index < -0.39 is 0 Å². The van der Waals surface area contributed by atoms with Crippen LogP contribution in [0.5, 0.6) is 5.75 Å². The molecule has 0 amide bonds.